The molecule has 400 valence electrons. The molecule has 0 saturated carbocycles. The second-order valence-corrected chi connectivity index (χ2v) is 19.6. The van der Waals surface area contributed by atoms with Gasteiger partial charge in [0.2, 0.25) is 0 Å². The predicted molar refractivity (Wildman–Crippen MR) is 260 cm³/mol. The summed E-state index contributed by atoms with van der Waals surface area (Å²) in [6.45, 7) is 4.46. The normalized spacial score (nSPS) is 12.8. The first kappa shape index (κ1) is 57.5. The Hall–Kier alpha value is -6.42. The average Bonchev–Trinajstić information content (AvgIpc) is 3.34. The molecular formula is C51H58F6O14S2. The van der Waals surface area contributed by atoms with Crippen molar-refractivity contribution in [3.63, 3.8) is 0 Å². The summed E-state index contributed by atoms with van der Waals surface area (Å²) in [5, 5.41) is 0. The maximum atomic E-state index is 13.9. The number of unbranched alkanes of at least 4 members (excludes halogenated alkanes) is 3. The highest BCUT2D eigenvalue weighted by Crippen LogP contribution is 2.44. The van der Waals surface area contributed by atoms with Crippen LogP contribution in [-0.2, 0) is 52.3 Å². The summed E-state index contributed by atoms with van der Waals surface area (Å²) in [5.41, 5.74) is -9.19. The lowest BCUT2D eigenvalue weighted by Crippen LogP contribution is -2.28. The Kier molecular flexibility index (Phi) is 19.0. The SMILES string of the molecule is CCCCCC.COc1cc2c(OC)cc1Cc1cc(OC)c(cc1OC)Cc1cc(OS(=O)(=O)C(F)(F)F)c(cc1OC)Cc1cc(OS(=O)(=O)C(F)(F)F)c(cc1OC)Cc1cc(OC)c(cc1OC)C2. The molecule has 0 aliphatic heterocycles. The third-order valence-electron chi connectivity index (χ3n) is 11.8. The average molecular weight is 1070 g/mol. The van der Waals surface area contributed by atoms with Crippen LogP contribution in [0, 0.1) is 0 Å². The van der Waals surface area contributed by atoms with E-state index in [1.165, 1.54) is 101 Å². The lowest BCUT2D eigenvalue weighted by Gasteiger charge is -2.21. The largest absolute Gasteiger partial charge is 0.534 e. The molecule has 0 unspecified atom stereocenters. The predicted octanol–water partition coefficient (Wildman–Crippen LogP) is 11.1. The van der Waals surface area contributed by atoms with Crippen molar-refractivity contribution in [1.29, 1.82) is 0 Å². The van der Waals surface area contributed by atoms with E-state index in [2.05, 4.69) is 13.8 Å². The van der Waals surface area contributed by atoms with Crippen LogP contribution < -0.4 is 46.3 Å². The lowest BCUT2D eigenvalue weighted by molar-refractivity contribution is -0.0505. The molecule has 10 aliphatic rings. The molecule has 0 N–H and O–H groups in total. The summed E-state index contributed by atoms with van der Waals surface area (Å²) >= 11 is 0. The highest BCUT2D eigenvalue weighted by molar-refractivity contribution is 7.88. The van der Waals surface area contributed by atoms with E-state index >= 15 is 0 Å². The molecule has 0 amide bonds. The number of benzene rings is 5. The zero-order chi connectivity index (χ0) is 54.1. The van der Waals surface area contributed by atoms with Crippen LogP contribution in [-0.4, -0.2) is 84.7 Å². The van der Waals surface area contributed by atoms with E-state index in [-0.39, 0.29) is 82.2 Å². The minimum absolute atomic E-state index is 0.00417. The Bertz CT molecular complexity index is 2930. The van der Waals surface area contributed by atoms with E-state index < -0.39 is 49.2 Å². The highest BCUT2D eigenvalue weighted by Gasteiger charge is 2.50. The summed E-state index contributed by atoms with van der Waals surface area (Å²) < 4.78 is 189. The van der Waals surface area contributed by atoms with Gasteiger partial charge in [-0.2, -0.15) is 43.2 Å². The number of hydrogen-bond acceptors (Lipinski definition) is 14. The quantitative estimate of drug-likeness (QED) is 0.0413. The van der Waals surface area contributed by atoms with Crippen molar-refractivity contribution < 1.29 is 89.4 Å². The summed E-state index contributed by atoms with van der Waals surface area (Å²) in [6.07, 6.45) is 4.76. The smallest absolute Gasteiger partial charge is 0.496 e. The van der Waals surface area contributed by atoms with E-state index in [0.717, 1.165) is 12.1 Å². The summed E-state index contributed by atoms with van der Waals surface area (Å²) in [7, 11) is -1.77. The van der Waals surface area contributed by atoms with E-state index in [9.17, 15) is 43.2 Å². The Morgan fingerprint density at radius 3 is 0.616 bits per heavy atom. The monoisotopic (exact) mass is 1070 g/mol. The van der Waals surface area contributed by atoms with Crippen LogP contribution in [0.1, 0.15) is 95.2 Å². The molecule has 15 rings (SSSR count). The van der Waals surface area contributed by atoms with Crippen molar-refractivity contribution in [2.75, 3.05) is 56.9 Å². The number of hydrogen-bond donors (Lipinski definition) is 0. The third kappa shape index (κ3) is 13.4. The third-order valence-corrected chi connectivity index (χ3v) is 13.7. The summed E-state index contributed by atoms with van der Waals surface area (Å²) in [5.74, 6) is 0.181. The van der Waals surface area contributed by atoms with Gasteiger partial charge in [-0.25, -0.2) is 0 Å². The maximum absolute atomic E-state index is 13.9. The van der Waals surface area contributed by atoms with Gasteiger partial charge in [0.1, 0.15) is 57.5 Å². The van der Waals surface area contributed by atoms with Gasteiger partial charge in [0.15, 0.2) is 0 Å². The first-order valence-corrected chi connectivity index (χ1v) is 25.4. The number of methoxy groups -OCH3 is 8. The fourth-order valence-electron chi connectivity index (χ4n) is 8.13. The van der Waals surface area contributed by atoms with Gasteiger partial charge >= 0.3 is 31.3 Å². The summed E-state index contributed by atoms with van der Waals surface area (Å²) in [6, 6.07) is 14.2. The van der Waals surface area contributed by atoms with Gasteiger partial charge in [0.25, 0.3) is 0 Å². The molecular weight excluding hydrogens is 1010 g/mol. The maximum Gasteiger partial charge on any atom is 0.534 e. The highest BCUT2D eigenvalue weighted by atomic mass is 32.2. The molecule has 0 radical (unpaired) electrons. The minimum Gasteiger partial charge on any atom is -0.496 e. The fraction of sp³-hybridized carbons (Fsp3) is 0.412. The molecule has 14 nitrogen and oxygen atoms in total. The van der Waals surface area contributed by atoms with Crippen LogP contribution in [0.25, 0.3) is 0 Å². The van der Waals surface area contributed by atoms with E-state index in [0.29, 0.717) is 45.1 Å². The Labute approximate surface area is 421 Å². The van der Waals surface area contributed by atoms with Crippen molar-refractivity contribution in [2.24, 2.45) is 0 Å². The zero-order valence-corrected chi connectivity index (χ0v) is 43.6. The van der Waals surface area contributed by atoms with Gasteiger partial charge in [-0.3, -0.25) is 0 Å². The van der Waals surface area contributed by atoms with Gasteiger partial charge in [-0.1, -0.05) is 39.5 Å². The van der Waals surface area contributed by atoms with Crippen molar-refractivity contribution >= 4 is 20.2 Å². The van der Waals surface area contributed by atoms with Crippen molar-refractivity contribution in [2.45, 2.75) is 82.7 Å². The van der Waals surface area contributed by atoms with Crippen LogP contribution in [0.5, 0.6) is 57.5 Å². The Balaban J connectivity index is 0.00000155. The van der Waals surface area contributed by atoms with E-state index in [1.54, 1.807) is 30.3 Å². The van der Waals surface area contributed by atoms with Crippen LogP contribution in [0.4, 0.5) is 26.3 Å². The Morgan fingerprint density at radius 2 is 0.479 bits per heavy atom. The van der Waals surface area contributed by atoms with Crippen LogP contribution in [0.2, 0.25) is 0 Å². The number of rotatable bonds is 15. The van der Waals surface area contributed by atoms with Crippen LogP contribution >= 0.6 is 0 Å². The number of halogens is 6. The fourth-order valence-corrected chi connectivity index (χ4v) is 9.11. The molecule has 0 spiro atoms. The van der Waals surface area contributed by atoms with Gasteiger partial charge < -0.3 is 46.3 Å². The molecule has 5 aromatic carbocycles. The topological polar surface area (TPSA) is 161 Å². The molecule has 0 fully saturated rings. The molecule has 0 aromatic heterocycles. The van der Waals surface area contributed by atoms with E-state index in [1.807, 2.05) is 0 Å². The van der Waals surface area contributed by atoms with Crippen molar-refractivity contribution in [3.05, 3.63) is 116 Å². The molecule has 73 heavy (non-hydrogen) atoms. The van der Waals surface area contributed by atoms with Gasteiger partial charge in [0, 0.05) is 87.7 Å². The molecule has 22 heteroatoms. The lowest BCUT2D eigenvalue weighted by atomic mass is 9.94. The van der Waals surface area contributed by atoms with Gasteiger partial charge in [-0.05, 0) is 60.7 Å². The number of alkyl halides is 6. The van der Waals surface area contributed by atoms with Crippen molar-refractivity contribution in [3.8, 4) is 57.5 Å². The molecule has 5 aromatic rings. The van der Waals surface area contributed by atoms with E-state index in [4.69, 9.17) is 46.3 Å². The second kappa shape index (κ2) is 24.1. The van der Waals surface area contributed by atoms with Crippen LogP contribution in [0.15, 0.2) is 60.7 Å². The summed E-state index contributed by atoms with van der Waals surface area (Å²) in [4.78, 5) is 0. The first-order chi connectivity index (χ1) is 34.4. The molecule has 0 atom stereocenters. The molecule has 0 saturated heterocycles. The number of ether oxygens (including phenoxy) is 8. The first-order valence-electron chi connectivity index (χ1n) is 22.6. The van der Waals surface area contributed by atoms with Gasteiger partial charge in [0.05, 0.1) is 56.9 Å². The van der Waals surface area contributed by atoms with Crippen molar-refractivity contribution in [1.82, 2.24) is 0 Å². The molecule has 10 bridgehead atoms. The minimum atomic E-state index is -6.35. The zero-order valence-electron chi connectivity index (χ0n) is 41.9. The van der Waals surface area contributed by atoms with Gasteiger partial charge in [-0.15, -0.1) is 0 Å². The second-order valence-electron chi connectivity index (χ2n) is 16.5. The molecule has 0 heterocycles. The Morgan fingerprint density at radius 1 is 0.329 bits per heavy atom. The van der Waals surface area contributed by atoms with Crippen LogP contribution in [0.3, 0.4) is 0 Å². The molecule has 10 aliphatic carbocycles. The standard InChI is InChI=1S/C45H44F6O14S2.C6H14/c1-56-34-15-25-10-27-17-39(61-6)29(19-38(27)60-5)12-32-20-41(63-8)31(23-43(32)65-67(54,55)45(49,50)51)13-33-21-40(62-7)30(22-42(33)64-66(52,53)44(46,47)48)11-28-18-36(58-3)26(16-37(28)59-4)9-24(34)14-35(25)57-2;1-3-5-6-4-2/h14-23H,9-13H2,1-8H3;3-6H2,1-2H3.